The number of nitrogens with one attached hydrogen (secondary N) is 1. The molecule has 1 saturated carbocycles. The van der Waals surface area contributed by atoms with Crippen LogP contribution in [0.2, 0.25) is 0 Å². The first-order valence-electron chi connectivity index (χ1n) is 13.5. The molecule has 3 aromatic heterocycles. The molecule has 1 saturated heterocycles. The zero-order chi connectivity index (χ0) is 26.5. The number of aryl methyl sites for hydroxylation is 1. The van der Waals surface area contributed by atoms with Crippen LogP contribution in [-0.2, 0) is 16.6 Å². The van der Waals surface area contributed by atoms with E-state index in [1.807, 2.05) is 37.4 Å². The van der Waals surface area contributed by atoms with Gasteiger partial charge in [-0.25, -0.2) is 9.67 Å². The standard InChI is InChI=1S/C29H35N7O2/c1-3-4-22-5-8-27(32-17-22)36-21(2)25(19-33-36)28(37)34-23-6-7-26(31-18-23)29(20-30)11-9-24(10-12-29)35-13-15-38-16-14-35/h5-8,17-19,24H,3-4,9-16H2,1-2H3,(H,34,37). The third kappa shape index (κ3) is 5.33. The predicted molar refractivity (Wildman–Crippen MR) is 144 cm³/mol. The Morgan fingerprint density at radius 1 is 1.13 bits per heavy atom. The Hall–Kier alpha value is -3.61. The molecule has 0 atom stereocenters. The number of hydrogen-bond donors (Lipinski definition) is 1. The van der Waals surface area contributed by atoms with E-state index in [4.69, 9.17) is 4.74 Å². The number of pyridine rings is 2. The largest absolute Gasteiger partial charge is 0.379 e. The number of aromatic nitrogens is 4. The molecule has 3 aromatic rings. The van der Waals surface area contributed by atoms with Crippen LogP contribution in [0.1, 0.15) is 66.3 Å². The predicted octanol–water partition coefficient (Wildman–Crippen LogP) is 4.21. The fraction of sp³-hybridized carbons (Fsp3) is 0.483. The Balaban J connectivity index is 1.23. The number of nitrogens with zero attached hydrogens (tertiary/aromatic N) is 6. The smallest absolute Gasteiger partial charge is 0.259 e. The summed E-state index contributed by atoms with van der Waals surface area (Å²) in [4.78, 5) is 24.7. The van der Waals surface area contributed by atoms with Gasteiger partial charge in [0.15, 0.2) is 5.82 Å². The summed E-state index contributed by atoms with van der Waals surface area (Å²) in [6, 6.07) is 10.8. The summed E-state index contributed by atoms with van der Waals surface area (Å²) >= 11 is 0. The van der Waals surface area contributed by atoms with Gasteiger partial charge >= 0.3 is 0 Å². The first kappa shape index (κ1) is 26.0. The first-order chi connectivity index (χ1) is 18.5. The van der Waals surface area contributed by atoms with Gasteiger partial charge in [0.25, 0.3) is 5.91 Å². The van der Waals surface area contributed by atoms with Crippen molar-refractivity contribution in [3.8, 4) is 11.9 Å². The van der Waals surface area contributed by atoms with Gasteiger partial charge in [0.05, 0.1) is 59.7 Å². The Kier molecular flexibility index (Phi) is 7.82. The van der Waals surface area contributed by atoms with E-state index in [9.17, 15) is 10.1 Å². The summed E-state index contributed by atoms with van der Waals surface area (Å²) in [5.74, 6) is 0.421. The molecule has 0 spiro atoms. The summed E-state index contributed by atoms with van der Waals surface area (Å²) in [6.07, 6.45) is 10.6. The molecule has 5 rings (SSSR count). The Morgan fingerprint density at radius 2 is 1.92 bits per heavy atom. The summed E-state index contributed by atoms with van der Waals surface area (Å²) in [5, 5.41) is 17.4. The molecule has 0 radical (unpaired) electrons. The molecule has 0 aromatic carbocycles. The van der Waals surface area contributed by atoms with Crippen LogP contribution < -0.4 is 5.32 Å². The maximum absolute atomic E-state index is 13.0. The van der Waals surface area contributed by atoms with E-state index in [-0.39, 0.29) is 5.91 Å². The minimum atomic E-state index is -0.581. The topological polar surface area (TPSA) is 109 Å². The number of carbonyl (C=O) groups is 1. The lowest BCUT2D eigenvalue weighted by Crippen LogP contribution is -2.47. The highest BCUT2D eigenvalue weighted by molar-refractivity contribution is 6.04. The fourth-order valence-corrected chi connectivity index (χ4v) is 5.62. The molecule has 2 aliphatic rings. The molecule has 0 unspecified atom stereocenters. The van der Waals surface area contributed by atoms with E-state index in [0.717, 1.165) is 70.5 Å². The lowest BCUT2D eigenvalue weighted by Gasteiger charge is -2.41. The van der Waals surface area contributed by atoms with E-state index in [1.165, 1.54) is 5.56 Å². The highest BCUT2D eigenvalue weighted by Gasteiger charge is 2.40. The highest BCUT2D eigenvalue weighted by atomic mass is 16.5. The zero-order valence-corrected chi connectivity index (χ0v) is 22.2. The molecular weight excluding hydrogens is 478 g/mol. The lowest BCUT2D eigenvalue weighted by atomic mass is 9.71. The van der Waals surface area contributed by atoms with Crippen molar-refractivity contribution in [2.24, 2.45) is 0 Å². The van der Waals surface area contributed by atoms with E-state index >= 15 is 0 Å². The molecule has 9 heteroatoms. The van der Waals surface area contributed by atoms with E-state index in [1.54, 1.807) is 17.1 Å². The van der Waals surface area contributed by atoms with Gasteiger partial charge in [-0.05, 0) is 62.8 Å². The third-order valence-electron chi connectivity index (χ3n) is 7.92. The Labute approximate surface area is 223 Å². The van der Waals surface area contributed by atoms with Crippen molar-refractivity contribution in [1.82, 2.24) is 24.6 Å². The lowest BCUT2D eigenvalue weighted by molar-refractivity contribution is 0.00493. The molecule has 2 fully saturated rings. The molecular formula is C29H35N7O2. The van der Waals surface area contributed by atoms with Gasteiger partial charge in [0.2, 0.25) is 0 Å². The summed E-state index contributed by atoms with van der Waals surface area (Å²) in [5.41, 5.74) is 3.15. The Bertz CT molecular complexity index is 1280. The number of amides is 1. The zero-order valence-electron chi connectivity index (χ0n) is 22.2. The maximum atomic E-state index is 13.0. The molecule has 1 amide bonds. The molecule has 0 bridgehead atoms. The van der Waals surface area contributed by atoms with Crippen molar-refractivity contribution in [3.63, 3.8) is 0 Å². The second-order valence-electron chi connectivity index (χ2n) is 10.3. The van der Waals surface area contributed by atoms with Crippen LogP contribution in [0.15, 0.2) is 42.9 Å². The molecule has 1 aliphatic heterocycles. The minimum Gasteiger partial charge on any atom is -0.379 e. The number of hydrogen-bond acceptors (Lipinski definition) is 7. The van der Waals surface area contributed by atoms with Crippen molar-refractivity contribution in [2.45, 2.75) is 63.8 Å². The van der Waals surface area contributed by atoms with Gasteiger partial charge in [-0.3, -0.25) is 14.7 Å². The van der Waals surface area contributed by atoms with Gasteiger partial charge in [-0.15, -0.1) is 0 Å². The molecule has 198 valence electrons. The molecule has 1 aliphatic carbocycles. The van der Waals surface area contributed by atoms with Gasteiger partial charge in [0, 0.05) is 25.3 Å². The van der Waals surface area contributed by atoms with Crippen LogP contribution in [0.4, 0.5) is 5.69 Å². The van der Waals surface area contributed by atoms with Gasteiger partial charge in [-0.2, -0.15) is 10.4 Å². The van der Waals surface area contributed by atoms with E-state index < -0.39 is 5.41 Å². The number of nitriles is 1. The third-order valence-corrected chi connectivity index (χ3v) is 7.92. The number of rotatable bonds is 7. The van der Waals surface area contributed by atoms with E-state index in [0.29, 0.717) is 28.8 Å². The summed E-state index contributed by atoms with van der Waals surface area (Å²) in [7, 11) is 0. The Morgan fingerprint density at radius 3 is 2.55 bits per heavy atom. The maximum Gasteiger partial charge on any atom is 0.259 e. The van der Waals surface area contributed by atoms with Crippen molar-refractivity contribution in [2.75, 3.05) is 31.6 Å². The molecule has 1 N–H and O–H groups in total. The van der Waals surface area contributed by atoms with Crippen molar-refractivity contribution >= 4 is 11.6 Å². The van der Waals surface area contributed by atoms with Crippen LogP contribution in [0, 0.1) is 18.3 Å². The minimum absolute atomic E-state index is 0.257. The van der Waals surface area contributed by atoms with Gasteiger partial charge < -0.3 is 10.1 Å². The van der Waals surface area contributed by atoms with Gasteiger partial charge in [-0.1, -0.05) is 19.4 Å². The number of morpholine rings is 1. The van der Waals surface area contributed by atoms with Crippen molar-refractivity contribution in [3.05, 3.63) is 65.4 Å². The van der Waals surface area contributed by atoms with Crippen LogP contribution in [0.3, 0.4) is 0 Å². The number of ether oxygens (including phenoxy) is 1. The van der Waals surface area contributed by atoms with Crippen LogP contribution in [0.25, 0.3) is 5.82 Å². The monoisotopic (exact) mass is 513 g/mol. The van der Waals surface area contributed by atoms with Crippen molar-refractivity contribution in [1.29, 1.82) is 5.26 Å². The van der Waals surface area contributed by atoms with Gasteiger partial charge in [0.1, 0.15) is 0 Å². The SMILES string of the molecule is CCCc1ccc(-n2ncc(C(=O)Nc3ccc(C4(C#N)CCC(N5CCOCC5)CC4)nc3)c2C)nc1. The number of carbonyl (C=O) groups excluding carboxylic acids is 1. The van der Waals surface area contributed by atoms with Crippen LogP contribution in [-0.4, -0.2) is 62.9 Å². The fourth-order valence-electron chi connectivity index (χ4n) is 5.62. The normalized spacial score (nSPS) is 22.1. The second-order valence-corrected chi connectivity index (χ2v) is 10.3. The summed E-state index contributed by atoms with van der Waals surface area (Å²) < 4.78 is 7.16. The van der Waals surface area contributed by atoms with E-state index in [2.05, 4.69) is 38.3 Å². The average molecular weight is 514 g/mol. The summed E-state index contributed by atoms with van der Waals surface area (Å²) in [6.45, 7) is 7.51. The molecule has 38 heavy (non-hydrogen) atoms. The number of anilines is 1. The average Bonchev–Trinajstić information content (AvgIpc) is 3.36. The van der Waals surface area contributed by atoms with Crippen molar-refractivity contribution < 1.29 is 9.53 Å². The highest BCUT2D eigenvalue weighted by Crippen LogP contribution is 2.40. The second kappa shape index (κ2) is 11.4. The first-order valence-corrected chi connectivity index (χ1v) is 13.5. The van der Waals surface area contributed by atoms with Crippen LogP contribution in [0.5, 0.6) is 0 Å². The quantitative estimate of drug-likeness (QED) is 0.504. The van der Waals surface area contributed by atoms with Crippen LogP contribution >= 0.6 is 0 Å². The molecule has 9 nitrogen and oxygen atoms in total. The molecule has 4 heterocycles.